The number of alkyl halides is 3. The highest BCUT2D eigenvalue weighted by molar-refractivity contribution is 6.04. The molecule has 2 aliphatic heterocycles. The van der Waals surface area contributed by atoms with E-state index in [4.69, 9.17) is 9.47 Å². The minimum absolute atomic E-state index is 0.0547. The van der Waals surface area contributed by atoms with E-state index in [1.807, 2.05) is 0 Å². The van der Waals surface area contributed by atoms with Crippen LogP contribution in [0, 0.1) is 5.82 Å². The van der Waals surface area contributed by atoms with Crippen molar-refractivity contribution in [1.29, 1.82) is 0 Å². The largest absolute Gasteiger partial charge is 0.573 e. The maximum absolute atomic E-state index is 15.0. The van der Waals surface area contributed by atoms with Crippen LogP contribution in [0.25, 0.3) is 0 Å². The second kappa shape index (κ2) is 14.6. The van der Waals surface area contributed by atoms with E-state index >= 15 is 0 Å². The van der Waals surface area contributed by atoms with Crippen LogP contribution in [0.3, 0.4) is 0 Å². The van der Waals surface area contributed by atoms with Gasteiger partial charge in [0.15, 0.2) is 17.3 Å². The van der Waals surface area contributed by atoms with Gasteiger partial charge >= 0.3 is 6.36 Å². The molecule has 1 saturated heterocycles. The Morgan fingerprint density at radius 3 is 2.67 bits per heavy atom. The van der Waals surface area contributed by atoms with Crippen molar-refractivity contribution in [1.82, 2.24) is 15.2 Å². The van der Waals surface area contributed by atoms with E-state index < -0.39 is 29.9 Å². The summed E-state index contributed by atoms with van der Waals surface area (Å²) in [6.07, 6.45) is -2.32. The lowest BCUT2D eigenvalue weighted by molar-refractivity contribution is -0.274. The summed E-state index contributed by atoms with van der Waals surface area (Å²) in [4.78, 5) is 19.7. The van der Waals surface area contributed by atoms with Gasteiger partial charge in [0.25, 0.3) is 5.91 Å². The van der Waals surface area contributed by atoms with Crippen LogP contribution in [0.2, 0.25) is 0 Å². The van der Waals surface area contributed by atoms with Crippen molar-refractivity contribution >= 4 is 11.6 Å². The molecular weight excluding hydrogens is 596 g/mol. The number of pyridine rings is 1. The fourth-order valence-corrected chi connectivity index (χ4v) is 4.92. The van der Waals surface area contributed by atoms with E-state index in [9.17, 15) is 22.4 Å². The van der Waals surface area contributed by atoms with Crippen LogP contribution >= 0.6 is 0 Å². The monoisotopic (exact) mass is 628 g/mol. The molecule has 1 aromatic heterocycles. The Morgan fingerprint density at radius 1 is 1.09 bits per heavy atom. The molecule has 238 valence electrons. The van der Waals surface area contributed by atoms with Gasteiger partial charge in [-0.05, 0) is 56.3 Å². The number of benzene rings is 2. The van der Waals surface area contributed by atoms with Gasteiger partial charge in [-0.3, -0.25) is 14.7 Å². The maximum atomic E-state index is 15.0. The Labute approximate surface area is 257 Å². The number of nitrogens with one attached hydrogen (secondary N) is 2. The molecule has 45 heavy (non-hydrogen) atoms. The minimum atomic E-state index is -4.90. The normalized spacial score (nSPS) is 17.0. The zero-order chi connectivity index (χ0) is 31.8. The van der Waals surface area contributed by atoms with Crippen molar-refractivity contribution in [3.63, 3.8) is 0 Å². The summed E-state index contributed by atoms with van der Waals surface area (Å²) in [6, 6.07) is 11.8. The molecule has 2 N–H and O–H groups in total. The van der Waals surface area contributed by atoms with Crippen LogP contribution in [-0.2, 0) is 16.1 Å². The number of halogens is 4. The average Bonchev–Trinajstić information content (AvgIpc) is 3.39. The van der Waals surface area contributed by atoms with Crippen LogP contribution in [-0.4, -0.2) is 61.5 Å². The zero-order valence-corrected chi connectivity index (χ0v) is 24.4. The first-order valence-electron chi connectivity index (χ1n) is 14.4. The molecule has 0 spiro atoms. The predicted molar refractivity (Wildman–Crippen MR) is 156 cm³/mol. The van der Waals surface area contributed by atoms with Crippen molar-refractivity contribution in [3.8, 4) is 17.2 Å². The fourth-order valence-electron chi connectivity index (χ4n) is 4.92. The molecule has 3 aromatic rings. The van der Waals surface area contributed by atoms with Crippen LogP contribution in [0.15, 0.2) is 82.3 Å². The Kier molecular flexibility index (Phi) is 10.4. The maximum Gasteiger partial charge on any atom is 0.573 e. The molecule has 3 heterocycles. The van der Waals surface area contributed by atoms with Gasteiger partial charge in [-0.15, -0.1) is 18.3 Å². The SMILES string of the molecule is CC1=C(C(=O)Nc2ccc(Oc3ccnc(CNCCCN4CCOCC4)c3)c(F)c2)N=NC1c1ccccc1OC(F)(F)F. The van der Waals surface area contributed by atoms with Crippen LogP contribution in [0.1, 0.15) is 30.6 Å². The first-order valence-corrected chi connectivity index (χ1v) is 14.4. The summed E-state index contributed by atoms with van der Waals surface area (Å²) in [5, 5.41) is 13.8. The third-order valence-electron chi connectivity index (χ3n) is 7.15. The zero-order valence-electron chi connectivity index (χ0n) is 24.4. The number of rotatable bonds is 12. The summed E-state index contributed by atoms with van der Waals surface area (Å²) >= 11 is 0. The first-order chi connectivity index (χ1) is 21.7. The Bertz CT molecular complexity index is 1560. The number of carbonyl (C=O) groups is 1. The Hall–Kier alpha value is -4.40. The number of morpholine rings is 1. The molecular formula is C31H32F4N6O4. The third-order valence-corrected chi connectivity index (χ3v) is 7.15. The van der Waals surface area contributed by atoms with E-state index in [1.165, 1.54) is 37.3 Å². The van der Waals surface area contributed by atoms with Gasteiger partial charge < -0.3 is 24.8 Å². The van der Waals surface area contributed by atoms with Gasteiger partial charge in [0, 0.05) is 49.2 Å². The van der Waals surface area contributed by atoms with E-state index in [-0.39, 0.29) is 22.7 Å². The van der Waals surface area contributed by atoms with E-state index in [0.29, 0.717) is 17.9 Å². The Morgan fingerprint density at radius 2 is 1.89 bits per heavy atom. The molecule has 0 radical (unpaired) electrons. The molecule has 0 bridgehead atoms. The lowest BCUT2D eigenvalue weighted by Crippen LogP contribution is -2.37. The van der Waals surface area contributed by atoms with Gasteiger partial charge in [0.1, 0.15) is 17.5 Å². The highest BCUT2D eigenvalue weighted by atomic mass is 19.4. The molecule has 14 heteroatoms. The number of anilines is 1. The molecule has 0 saturated carbocycles. The minimum Gasteiger partial charge on any atom is -0.454 e. The van der Waals surface area contributed by atoms with Crippen molar-refractivity contribution in [2.24, 2.45) is 10.2 Å². The summed E-state index contributed by atoms with van der Waals surface area (Å²) in [5.41, 5.74) is 1.18. The number of ether oxygens (including phenoxy) is 3. The summed E-state index contributed by atoms with van der Waals surface area (Å²) < 4.78 is 68.8. The van der Waals surface area contributed by atoms with Gasteiger partial charge in [-0.2, -0.15) is 5.11 Å². The fraction of sp³-hybridized carbons (Fsp3) is 0.355. The molecule has 1 fully saturated rings. The number of hydrogen-bond donors (Lipinski definition) is 2. The smallest absolute Gasteiger partial charge is 0.454 e. The van der Waals surface area contributed by atoms with Gasteiger partial charge in [-0.1, -0.05) is 18.2 Å². The molecule has 10 nitrogen and oxygen atoms in total. The topological polar surface area (TPSA) is 110 Å². The molecule has 1 amide bonds. The standard InChI is InChI=1S/C31H32F4N6O4/c1-20-28(24-5-2-3-6-26(24)45-31(33,34)35)39-40-29(20)30(42)38-21-7-8-27(25(32)18-21)44-23-9-11-37-22(17-23)19-36-10-4-12-41-13-15-43-16-14-41/h2-3,5-9,11,17-18,28,36H,4,10,12-16,19H2,1H3,(H,38,42). The molecule has 1 unspecified atom stereocenters. The molecule has 2 aliphatic rings. The molecule has 2 aromatic carbocycles. The van der Waals surface area contributed by atoms with Gasteiger partial charge in [0.2, 0.25) is 0 Å². The number of azo groups is 1. The second-order valence-corrected chi connectivity index (χ2v) is 10.4. The third kappa shape index (κ3) is 8.84. The van der Waals surface area contributed by atoms with Crippen LogP contribution < -0.4 is 20.1 Å². The van der Waals surface area contributed by atoms with E-state index in [1.54, 1.807) is 18.3 Å². The number of nitrogens with zero attached hydrogens (tertiary/aromatic N) is 4. The number of carbonyl (C=O) groups excluding carboxylic acids is 1. The van der Waals surface area contributed by atoms with Gasteiger partial charge in [-0.25, -0.2) is 4.39 Å². The number of aromatic nitrogens is 1. The lowest BCUT2D eigenvalue weighted by Gasteiger charge is -2.26. The summed E-state index contributed by atoms with van der Waals surface area (Å²) in [7, 11) is 0. The highest BCUT2D eigenvalue weighted by Crippen LogP contribution is 2.40. The second-order valence-electron chi connectivity index (χ2n) is 10.4. The van der Waals surface area contributed by atoms with Crippen LogP contribution in [0.5, 0.6) is 17.2 Å². The predicted octanol–water partition coefficient (Wildman–Crippen LogP) is 6.14. The molecule has 1 atom stereocenters. The van der Waals surface area contributed by atoms with E-state index in [2.05, 4.69) is 35.5 Å². The molecule has 0 aliphatic carbocycles. The quantitative estimate of drug-likeness (QED) is 0.183. The number of amides is 1. The van der Waals surface area contributed by atoms with Crippen molar-refractivity contribution in [2.75, 3.05) is 44.7 Å². The van der Waals surface area contributed by atoms with E-state index in [0.717, 1.165) is 63.6 Å². The highest BCUT2D eigenvalue weighted by Gasteiger charge is 2.35. The number of para-hydroxylation sites is 1. The summed E-state index contributed by atoms with van der Waals surface area (Å²) in [6.45, 7) is 7.35. The van der Waals surface area contributed by atoms with Crippen molar-refractivity contribution in [3.05, 3.63) is 89.1 Å². The average molecular weight is 629 g/mol. The first kappa shape index (κ1) is 32.0. The lowest BCUT2D eigenvalue weighted by atomic mass is 9.99. The Balaban J connectivity index is 1.15. The molecule has 5 rings (SSSR count). The van der Waals surface area contributed by atoms with Crippen LogP contribution in [0.4, 0.5) is 23.2 Å². The van der Waals surface area contributed by atoms with Gasteiger partial charge in [0.05, 0.1) is 18.9 Å². The number of hydrogen-bond acceptors (Lipinski definition) is 9. The van der Waals surface area contributed by atoms with Crippen molar-refractivity contribution < 1.29 is 36.6 Å². The van der Waals surface area contributed by atoms with Crippen molar-refractivity contribution in [2.45, 2.75) is 32.3 Å². The summed E-state index contributed by atoms with van der Waals surface area (Å²) in [5.74, 6) is -1.51.